The molecule has 0 radical (unpaired) electrons. The summed E-state index contributed by atoms with van der Waals surface area (Å²) < 4.78 is 23.4. The number of fused-ring (bicyclic) bond motifs is 2. The van der Waals surface area contributed by atoms with E-state index < -0.39 is 0 Å². The normalized spacial score (nSPS) is 24.3. The van der Waals surface area contributed by atoms with E-state index >= 15 is 0 Å². The van der Waals surface area contributed by atoms with Crippen LogP contribution in [0, 0.1) is 5.41 Å². The van der Waals surface area contributed by atoms with Crippen LogP contribution in [0.15, 0.2) is 30.5 Å². The highest BCUT2D eigenvalue weighted by atomic mass is 16.7. The minimum atomic E-state index is -0.266. The summed E-state index contributed by atoms with van der Waals surface area (Å²) in [6, 6.07) is 8.07. The summed E-state index contributed by atoms with van der Waals surface area (Å²) in [7, 11) is 1.92. The first-order chi connectivity index (χ1) is 17.7. The third-order valence-electron chi connectivity index (χ3n) is 8.12. The molecule has 1 saturated heterocycles. The van der Waals surface area contributed by atoms with Crippen LogP contribution in [0.1, 0.15) is 69.2 Å². The summed E-state index contributed by atoms with van der Waals surface area (Å²) in [6.45, 7) is 7.46. The predicted molar refractivity (Wildman–Crippen MR) is 138 cm³/mol. The van der Waals surface area contributed by atoms with Gasteiger partial charge in [-0.1, -0.05) is 26.8 Å². The van der Waals surface area contributed by atoms with Gasteiger partial charge in [-0.3, -0.25) is 4.90 Å². The molecule has 1 aliphatic carbocycles. The van der Waals surface area contributed by atoms with Crippen molar-refractivity contribution in [1.29, 1.82) is 0 Å². The second-order valence-corrected chi connectivity index (χ2v) is 12.2. The molecule has 1 aromatic carbocycles. The van der Waals surface area contributed by atoms with Gasteiger partial charge in [0.2, 0.25) is 12.7 Å². The molecule has 4 aliphatic rings. The fraction of sp³-hybridized carbons (Fsp3) is 0.586. The second-order valence-electron chi connectivity index (χ2n) is 12.2. The molecule has 1 spiro atoms. The van der Waals surface area contributed by atoms with Crippen molar-refractivity contribution in [2.75, 3.05) is 20.4 Å². The Morgan fingerprint density at radius 1 is 1.16 bits per heavy atom. The van der Waals surface area contributed by atoms with Crippen LogP contribution in [0.4, 0.5) is 4.79 Å². The number of amides is 1. The first-order valence-corrected chi connectivity index (χ1v) is 13.4. The summed E-state index contributed by atoms with van der Waals surface area (Å²) in [5.41, 5.74) is 3.21. The molecule has 6 rings (SSSR count). The van der Waals surface area contributed by atoms with Gasteiger partial charge in [0.15, 0.2) is 11.5 Å². The maximum atomic E-state index is 13.3. The molecule has 198 valence electrons. The van der Waals surface area contributed by atoms with Gasteiger partial charge in [0.05, 0.1) is 12.6 Å². The Kier molecular flexibility index (Phi) is 5.97. The van der Waals surface area contributed by atoms with E-state index in [1.165, 1.54) is 5.56 Å². The van der Waals surface area contributed by atoms with Gasteiger partial charge in [0.1, 0.15) is 11.7 Å². The average Bonchev–Trinajstić information content (AvgIpc) is 3.46. The lowest BCUT2D eigenvalue weighted by molar-refractivity contribution is -0.0518. The van der Waals surface area contributed by atoms with E-state index in [-0.39, 0.29) is 42.1 Å². The highest BCUT2D eigenvalue weighted by Crippen LogP contribution is 2.51. The lowest BCUT2D eigenvalue weighted by atomic mass is 9.72. The van der Waals surface area contributed by atoms with Gasteiger partial charge < -0.3 is 24.3 Å². The Labute approximate surface area is 218 Å². The Morgan fingerprint density at radius 3 is 2.70 bits per heavy atom. The smallest absolute Gasteiger partial charge is 0.410 e. The lowest BCUT2D eigenvalue weighted by Crippen LogP contribution is -2.50. The Bertz CT molecular complexity index is 1190. The van der Waals surface area contributed by atoms with E-state index in [9.17, 15) is 4.79 Å². The summed E-state index contributed by atoms with van der Waals surface area (Å²) >= 11 is 0. The van der Waals surface area contributed by atoms with Crippen LogP contribution in [0.5, 0.6) is 17.4 Å². The topological polar surface area (TPSA) is 82.1 Å². The summed E-state index contributed by atoms with van der Waals surface area (Å²) in [5, 5.41) is 3.38. The number of benzene rings is 1. The first-order valence-electron chi connectivity index (χ1n) is 13.4. The standard InChI is InChI=1S/C29H37N3O5/c1-28(2,3)13-19-10-20-22(14-29(8-5-9-29)37-26(20)31-15-19)32-16-25(36-27(32)33)21(30-4)11-18-6-7-23-24(12-18)35-17-34-23/h6-7,10,12,15,21-22,25,30H,5,8-9,11,13-14,16-17H2,1-4H3/t21-,22?,25?/m0/s1. The molecular weight excluding hydrogens is 470 g/mol. The number of hydrogen-bond acceptors (Lipinski definition) is 7. The third-order valence-corrected chi connectivity index (χ3v) is 8.12. The van der Waals surface area contributed by atoms with Crippen LogP contribution in [-0.4, -0.2) is 54.1 Å². The molecule has 1 saturated carbocycles. The summed E-state index contributed by atoms with van der Waals surface area (Å²) in [4.78, 5) is 20.0. The fourth-order valence-corrected chi connectivity index (χ4v) is 6.12. The molecule has 8 heteroatoms. The number of ether oxygens (including phenoxy) is 4. The molecule has 3 atom stereocenters. The van der Waals surface area contributed by atoms with Crippen LogP contribution in [0.25, 0.3) is 0 Å². The SMILES string of the molecule is CN[C@@H](Cc1ccc2c(c1)OCO2)C1CN(C2CC3(CCC3)Oc3ncc(CC(C)(C)C)cc32)C(=O)O1. The van der Waals surface area contributed by atoms with Gasteiger partial charge >= 0.3 is 6.09 Å². The molecule has 1 aromatic heterocycles. The van der Waals surface area contributed by atoms with Crippen molar-refractivity contribution >= 4 is 6.09 Å². The maximum absolute atomic E-state index is 13.3. The van der Waals surface area contributed by atoms with E-state index in [0.717, 1.165) is 54.7 Å². The van der Waals surface area contributed by atoms with Gasteiger partial charge in [-0.25, -0.2) is 9.78 Å². The highest BCUT2D eigenvalue weighted by molar-refractivity contribution is 5.71. The quantitative estimate of drug-likeness (QED) is 0.602. The minimum Gasteiger partial charge on any atom is -0.471 e. The van der Waals surface area contributed by atoms with Gasteiger partial charge in [-0.15, -0.1) is 0 Å². The number of nitrogens with zero attached hydrogens (tertiary/aromatic N) is 2. The maximum Gasteiger partial charge on any atom is 0.410 e. The number of carbonyl (C=O) groups excluding carboxylic acids is 1. The summed E-state index contributed by atoms with van der Waals surface area (Å²) in [5.74, 6) is 2.21. The van der Waals surface area contributed by atoms with Crippen molar-refractivity contribution in [3.05, 3.63) is 47.2 Å². The first kappa shape index (κ1) is 24.3. The number of cyclic esters (lactones) is 1. The summed E-state index contributed by atoms with van der Waals surface area (Å²) in [6.07, 6.45) is 6.98. The molecule has 3 aliphatic heterocycles. The molecule has 1 amide bonds. The second kappa shape index (κ2) is 9.08. The van der Waals surface area contributed by atoms with Crippen LogP contribution < -0.4 is 19.5 Å². The predicted octanol–water partition coefficient (Wildman–Crippen LogP) is 4.80. The van der Waals surface area contributed by atoms with Crippen molar-refractivity contribution in [2.24, 2.45) is 5.41 Å². The number of nitrogens with one attached hydrogen (secondary N) is 1. The molecule has 2 unspecified atom stereocenters. The van der Waals surface area contributed by atoms with Crippen molar-refractivity contribution in [3.8, 4) is 17.4 Å². The molecule has 37 heavy (non-hydrogen) atoms. The van der Waals surface area contributed by atoms with Crippen LogP contribution >= 0.6 is 0 Å². The molecule has 2 fully saturated rings. The van der Waals surface area contributed by atoms with E-state index in [4.69, 9.17) is 23.9 Å². The zero-order chi connectivity index (χ0) is 25.8. The molecule has 2 aromatic rings. The van der Waals surface area contributed by atoms with Gasteiger partial charge in [-0.05, 0) is 73.9 Å². The zero-order valence-electron chi connectivity index (χ0n) is 22.2. The largest absolute Gasteiger partial charge is 0.471 e. The fourth-order valence-electron chi connectivity index (χ4n) is 6.12. The van der Waals surface area contributed by atoms with E-state index in [2.05, 4.69) is 32.2 Å². The van der Waals surface area contributed by atoms with Crippen LogP contribution in [-0.2, 0) is 17.6 Å². The lowest BCUT2D eigenvalue weighted by Gasteiger charge is -2.48. The molecule has 0 bridgehead atoms. The molecule has 8 nitrogen and oxygen atoms in total. The monoisotopic (exact) mass is 507 g/mol. The van der Waals surface area contributed by atoms with E-state index in [0.29, 0.717) is 18.8 Å². The number of rotatable bonds is 6. The number of aromatic nitrogens is 1. The number of pyridine rings is 1. The van der Waals surface area contributed by atoms with Gasteiger partial charge in [-0.2, -0.15) is 0 Å². The van der Waals surface area contributed by atoms with Crippen molar-refractivity contribution in [1.82, 2.24) is 15.2 Å². The Balaban J connectivity index is 1.24. The third kappa shape index (κ3) is 4.72. The number of carbonyl (C=O) groups is 1. The minimum absolute atomic E-state index is 0.0309. The number of hydrogen-bond donors (Lipinski definition) is 1. The van der Waals surface area contributed by atoms with Crippen LogP contribution in [0.2, 0.25) is 0 Å². The molecule has 4 heterocycles. The molecular formula is C29H37N3O5. The van der Waals surface area contributed by atoms with Crippen molar-refractivity contribution in [2.45, 2.75) is 83.1 Å². The average molecular weight is 508 g/mol. The van der Waals surface area contributed by atoms with Crippen molar-refractivity contribution < 1.29 is 23.7 Å². The van der Waals surface area contributed by atoms with E-state index in [1.807, 2.05) is 36.3 Å². The van der Waals surface area contributed by atoms with Gasteiger partial charge in [0, 0.05) is 24.2 Å². The molecule has 1 N–H and O–H groups in total. The Morgan fingerprint density at radius 2 is 1.97 bits per heavy atom. The Hall–Kier alpha value is -3.00. The highest BCUT2D eigenvalue weighted by Gasteiger charge is 2.51. The van der Waals surface area contributed by atoms with Crippen LogP contribution in [0.3, 0.4) is 0 Å². The zero-order valence-corrected chi connectivity index (χ0v) is 22.2. The van der Waals surface area contributed by atoms with Crippen molar-refractivity contribution in [3.63, 3.8) is 0 Å². The van der Waals surface area contributed by atoms with Gasteiger partial charge in [0.25, 0.3) is 0 Å². The number of likely N-dealkylation sites (N-methyl/N-ethyl adjacent to an activating group) is 1. The van der Waals surface area contributed by atoms with E-state index in [1.54, 1.807) is 0 Å².